The number of carbonyl (C=O) groups is 3. The van der Waals surface area contributed by atoms with Crippen molar-refractivity contribution in [1.29, 1.82) is 0 Å². The summed E-state index contributed by atoms with van der Waals surface area (Å²) in [6.45, 7) is 8.88. The average Bonchev–Trinajstić information content (AvgIpc) is 2.49. The minimum Gasteiger partial charge on any atom is -0.478 e. The molecule has 0 unspecified atom stereocenters. The summed E-state index contributed by atoms with van der Waals surface area (Å²) in [6.07, 6.45) is 2.50. The van der Waals surface area contributed by atoms with Gasteiger partial charge in [-0.2, -0.15) is 0 Å². The van der Waals surface area contributed by atoms with Gasteiger partial charge in [0, 0.05) is 28.5 Å². The number of carboxylic acids is 3. The Morgan fingerprint density at radius 1 is 0.773 bits per heavy atom. The zero-order valence-corrected chi connectivity index (χ0v) is 14.3. The van der Waals surface area contributed by atoms with Crippen LogP contribution in [0, 0.1) is 0 Å². The molecule has 0 aromatic heterocycles. The maximum Gasteiger partial charge on any atom is 0.327 e. The van der Waals surface area contributed by atoms with Crippen molar-refractivity contribution in [2.75, 3.05) is 0 Å². The van der Waals surface area contributed by atoms with Gasteiger partial charge in [0.1, 0.15) is 0 Å². The molecular formula is C15H20O6Si. The molecule has 0 saturated carbocycles. The maximum atomic E-state index is 9.25. The van der Waals surface area contributed by atoms with Crippen molar-refractivity contribution >= 4 is 33.3 Å². The van der Waals surface area contributed by atoms with E-state index < -0.39 is 17.9 Å². The van der Waals surface area contributed by atoms with Gasteiger partial charge in [0.15, 0.2) is 0 Å². The molecule has 120 valence electrons. The van der Waals surface area contributed by atoms with Gasteiger partial charge in [0.25, 0.3) is 0 Å². The first kappa shape index (κ1) is 24.1. The van der Waals surface area contributed by atoms with Crippen molar-refractivity contribution in [1.82, 2.24) is 0 Å². The van der Waals surface area contributed by atoms with Crippen LogP contribution in [-0.2, 0) is 14.4 Å². The van der Waals surface area contributed by atoms with Crippen LogP contribution in [0.15, 0.2) is 68.3 Å². The molecule has 22 heavy (non-hydrogen) atoms. The molecule has 0 radical (unpaired) electrons. The summed E-state index contributed by atoms with van der Waals surface area (Å²) < 4.78 is 0. The van der Waals surface area contributed by atoms with Crippen molar-refractivity contribution in [2.45, 2.75) is 0 Å². The first-order valence-electron chi connectivity index (χ1n) is 5.78. The summed E-state index contributed by atoms with van der Waals surface area (Å²) in [5.41, 5.74) is 0. The zero-order valence-electron chi connectivity index (χ0n) is 12.3. The van der Waals surface area contributed by atoms with Gasteiger partial charge in [-0.15, -0.1) is 0 Å². The van der Waals surface area contributed by atoms with E-state index in [9.17, 15) is 14.4 Å². The highest BCUT2D eigenvalue weighted by atomic mass is 28.1. The lowest BCUT2D eigenvalue weighted by Gasteiger charge is -1.82. The average molecular weight is 324 g/mol. The van der Waals surface area contributed by atoms with Crippen LogP contribution in [0.25, 0.3) is 0 Å². The normalized spacial score (nSPS) is 7.27. The van der Waals surface area contributed by atoms with Gasteiger partial charge in [-0.1, -0.05) is 55.3 Å². The molecule has 0 atom stereocenters. The summed E-state index contributed by atoms with van der Waals surface area (Å²) in [7, 11) is 1.17. The molecule has 0 saturated heterocycles. The third-order valence-electron chi connectivity index (χ3n) is 1.46. The van der Waals surface area contributed by atoms with Crippen LogP contribution in [0.2, 0.25) is 0 Å². The first-order valence-corrected chi connectivity index (χ1v) is 6.78. The molecule has 0 heterocycles. The number of hydrogen-bond donors (Lipinski definition) is 3. The second-order valence-corrected chi connectivity index (χ2v) is 4.44. The number of hydrogen-bond acceptors (Lipinski definition) is 3. The van der Waals surface area contributed by atoms with Crippen molar-refractivity contribution in [3.05, 3.63) is 68.3 Å². The second kappa shape index (κ2) is 18.1. The standard InChI is InChI=1S/C6H8Si.3C3H4O2/c7-6-4-2-1-3-5-6;3*1-2-3(4)5/h1-5H,7H3;3*2H,1H2,(H,4,5). The van der Waals surface area contributed by atoms with Crippen LogP contribution in [0.3, 0.4) is 0 Å². The van der Waals surface area contributed by atoms with Crippen molar-refractivity contribution in [2.24, 2.45) is 0 Å². The zero-order chi connectivity index (χ0) is 18.0. The highest BCUT2D eigenvalue weighted by Gasteiger charge is 1.74. The van der Waals surface area contributed by atoms with E-state index in [0.717, 1.165) is 18.2 Å². The minimum absolute atomic E-state index is 0.833. The summed E-state index contributed by atoms with van der Waals surface area (Å²) >= 11 is 0. The van der Waals surface area contributed by atoms with Crippen LogP contribution in [0.5, 0.6) is 0 Å². The summed E-state index contributed by atoms with van der Waals surface area (Å²) in [5, 5.41) is 24.3. The van der Waals surface area contributed by atoms with Gasteiger partial charge < -0.3 is 15.3 Å². The van der Waals surface area contributed by atoms with E-state index in [1.807, 2.05) is 6.07 Å². The van der Waals surface area contributed by atoms with Crippen LogP contribution < -0.4 is 5.19 Å². The van der Waals surface area contributed by atoms with Crippen LogP contribution in [0.4, 0.5) is 0 Å². The molecule has 0 aliphatic carbocycles. The third kappa shape index (κ3) is 36.0. The molecule has 0 amide bonds. The van der Waals surface area contributed by atoms with E-state index in [1.165, 1.54) is 15.4 Å². The molecule has 0 bridgehead atoms. The topological polar surface area (TPSA) is 112 Å². The van der Waals surface area contributed by atoms with E-state index in [-0.39, 0.29) is 0 Å². The van der Waals surface area contributed by atoms with Crippen LogP contribution in [-0.4, -0.2) is 43.5 Å². The third-order valence-corrected chi connectivity index (χ3v) is 2.13. The molecule has 0 aliphatic heterocycles. The molecule has 1 aromatic carbocycles. The highest BCUT2D eigenvalue weighted by Crippen LogP contribution is 1.76. The molecule has 7 heteroatoms. The molecule has 0 spiro atoms. The Hall–Kier alpha value is -2.93. The van der Waals surface area contributed by atoms with E-state index in [0.29, 0.717) is 0 Å². The summed E-state index contributed by atoms with van der Waals surface area (Å²) in [4.78, 5) is 27.8. The number of rotatable bonds is 3. The fourth-order valence-corrected chi connectivity index (χ4v) is 0.919. The Morgan fingerprint density at radius 2 is 1.00 bits per heavy atom. The van der Waals surface area contributed by atoms with Gasteiger partial charge in [-0.3, -0.25) is 0 Å². The quantitative estimate of drug-likeness (QED) is 0.550. The Labute approximate surface area is 132 Å². The van der Waals surface area contributed by atoms with Crippen molar-refractivity contribution < 1.29 is 29.7 Å². The molecular weight excluding hydrogens is 304 g/mol. The number of carboxylic acid groups (broad SMARTS) is 3. The molecule has 6 nitrogen and oxygen atoms in total. The molecule has 1 aromatic rings. The summed E-state index contributed by atoms with van der Waals surface area (Å²) in [6, 6.07) is 10.5. The smallest absolute Gasteiger partial charge is 0.327 e. The number of aliphatic carboxylic acids is 3. The van der Waals surface area contributed by atoms with Gasteiger partial charge >= 0.3 is 17.9 Å². The fraction of sp³-hybridized carbons (Fsp3) is 0. The fourth-order valence-electron chi connectivity index (χ4n) is 0.534. The molecule has 1 rings (SSSR count). The Morgan fingerprint density at radius 3 is 1.09 bits per heavy atom. The lowest BCUT2D eigenvalue weighted by atomic mass is 10.4. The predicted octanol–water partition coefficient (Wildman–Crippen LogP) is 0.448. The Bertz CT molecular complexity index is 439. The van der Waals surface area contributed by atoms with E-state index in [1.54, 1.807) is 0 Å². The lowest BCUT2D eigenvalue weighted by Crippen LogP contribution is -1.97. The van der Waals surface area contributed by atoms with Gasteiger partial charge in [0.05, 0.1) is 0 Å². The van der Waals surface area contributed by atoms with Gasteiger partial charge in [-0.05, 0) is 0 Å². The summed E-state index contributed by atoms with van der Waals surface area (Å²) in [5.74, 6) is -2.94. The van der Waals surface area contributed by atoms with Gasteiger partial charge in [0.2, 0.25) is 0 Å². The second-order valence-electron chi connectivity index (χ2n) is 3.28. The highest BCUT2D eigenvalue weighted by molar-refractivity contribution is 6.32. The monoisotopic (exact) mass is 324 g/mol. The maximum absolute atomic E-state index is 9.25. The minimum atomic E-state index is -0.981. The van der Waals surface area contributed by atoms with E-state index >= 15 is 0 Å². The van der Waals surface area contributed by atoms with Crippen LogP contribution >= 0.6 is 0 Å². The first-order chi connectivity index (χ1) is 10.2. The molecule has 0 fully saturated rings. The number of benzene rings is 1. The SMILES string of the molecule is C=CC(=O)O.C=CC(=O)O.C=CC(=O)O.[SiH3]c1ccccc1. The van der Waals surface area contributed by atoms with E-state index in [2.05, 4.69) is 44.0 Å². The molecule has 0 aliphatic rings. The Kier molecular flexibility index (Phi) is 19.8. The van der Waals surface area contributed by atoms with Crippen molar-refractivity contribution in [3.8, 4) is 0 Å². The van der Waals surface area contributed by atoms with Crippen LogP contribution in [0.1, 0.15) is 0 Å². The largest absolute Gasteiger partial charge is 0.478 e. The Balaban J connectivity index is -0.000000223. The van der Waals surface area contributed by atoms with Crippen molar-refractivity contribution in [3.63, 3.8) is 0 Å². The lowest BCUT2D eigenvalue weighted by molar-refractivity contribution is -0.132. The van der Waals surface area contributed by atoms with E-state index in [4.69, 9.17) is 15.3 Å². The predicted molar refractivity (Wildman–Crippen MR) is 89.5 cm³/mol. The molecule has 3 N–H and O–H groups in total. The van der Waals surface area contributed by atoms with Gasteiger partial charge in [-0.25, -0.2) is 14.4 Å².